The highest BCUT2D eigenvalue weighted by Crippen LogP contribution is 2.27. The molecule has 0 saturated heterocycles. The maximum atomic E-state index is 12.3. The molecule has 1 aromatic rings. The van der Waals surface area contributed by atoms with Crippen LogP contribution in [0.15, 0.2) is 18.2 Å². The molecule has 2 rings (SSSR count). The summed E-state index contributed by atoms with van der Waals surface area (Å²) < 4.78 is 0. The monoisotopic (exact) mass is 290 g/mol. The van der Waals surface area contributed by atoms with Crippen molar-refractivity contribution in [3.63, 3.8) is 0 Å². The normalized spacial score (nSPS) is 17.8. The molecular weight excluding hydrogens is 268 g/mol. The first-order valence-electron chi connectivity index (χ1n) is 7.18. The van der Waals surface area contributed by atoms with E-state index >= 15 is 0 Å². The average Bonchev–Trinajstić information content (AvgIpc) is 2.43. The summed E-state index contributed by atoms with van der Waals surface area (Å²) in [6, 6.07) is 5.36. The van der Waals surface area contributed by atoms with Gasteiger partial charge in [-0.3, -0.25) is 14.8 Å². The molecule has 5 heteroatoms. The minimum atomic E-state index is -0.529. The highest BCUT2D eigenvalue weighted by Gasteiger charge is 2.27. The molecule has 0 aliphatic heterocycles. The molecule has 1 atom stereocenters. The van der Waals surface area contributed by atoms with Crippen LogP contribution in [0.4, 0.5) is 0 Å². The van der Waals surface area contributed by atoms with Gasteiger partial charge in [0.05, 0.1) is 0 Å². The maximum Gasteiger partial charge on any atom is 0.274 e. The lowest BCUT2D eigenvalue weighted by Gasteiger charge is -2.28. The van der Waals surface area contributed by atoms with Gasteiger partial charge in [0.2, 0.25) is 5.91 Å². The molecule has 0 aromatic heterocycles. The second-order valence-corrected chi connectivity index (χ2v) is 6.60. The molecule has 2 amide bonds. The van der Waals surface area contributed by atoms with Gasteiger partial charge < -0.3 is 5.32 Å². The molecular formula is C16H22N2O3. The SMILES string of the molecule is CC(C)(C)NC(=O)C1CCc2ccc(C(=O)NO)cc2C1. The quantitative estimate of drug-likeness (QED) is 0.574. The van der Waals surface area contributed by atoms with Crippen LogP contribution < -0.4 is 10.8 Å². The van der Waals surface area contributed by atoms with Crippen molar-refractivity contribution in [3.8, 4) is 0 Å². The van der Waals surface area contributed by atoms with E-state index in [9.17, 15) is 9.59 Å². The summed E-state index contributed by atoms with van der Waals surface area (Å²) in [6.45, 7) is 5.89. The van der Waals surface area contributed by atoms with E-state index in [1.54, 1.807) is 17.6 Å². The van der Waals surface area contributed by atoms with E-state index in [-0.39, 0.29) is 17.4 Å². The largest absolute Gasteiger partial charge is 0.351 e. The predicted octanol–water partition coefficient (Wildman–Crippen LogP) is 1.83. The smallest absolute Gasteiger partial charge is 0.274 e. The second kappa shape index (κ2) is 5.85. The minimum absolute atomic E-state index is 0.0603. The summed E-state index contributed by atoms with van der Waals surface area (Å²) >= 11 is 0. The standard InChI is InChI=1S/C16H22N2O3/c1-16(2,3)17-14(19)11-6-4-10-5-7-12(15(20)18-21)9-13(10)8-11/h5,7,9,11,21H,4,6,8H2,1-3H3,(H,17,19)(H,18,20). The Hall–Kier alpha value is -1.88. The summed E-state index contributed by atoms with van der Waals surface area (Å²) in [4.78, 5) is 23.7. The molecule has 1 aliphatic rings. The van der Waals surface area contributed by atoms with Gasteiger partial charge in [0, 0.05) is 17.0 Å². The Kier molecular flexibility index (Phi) is 4.32. The molecule has 21 heavy (non-hydrogen) atoms. The molecule has 0 bridgehead atoms. The Morgan fingerprint density at radius 2 is 1.95 bits per heavy atom. The first-order valence-corrected chi connectivity index (χ1v) is 7.18. The lowest BCUT2D eigenvalue weighted by atomic mass is 9.82. The predicted molar refractivity (Wildman–Crippen MR) is 79.1 cm³/mol. The number of amides is 2. The van der Waals surface area contributed by atoms with E-state index in [1.807, 2.05) is 26.8 Å². The van der Waals surface area contributed by atoms with Gasteiger partial charge in [0.1, 0.15) is 0 Å². The molecule has 114 valence electrons. The zero-order valence-electron chi connectivity index (χ0n) is 12.7. The molecule has 0 spiro atoms. The van der Waals surface area contributed by atoms with E-state index in [0.717, 1.165) is 18.4 Å². The highest BCUT2D eigenvalue weighted by molar-refractivity contribution is 5.93. The highest BCUT2D eigenvalue weighted by atomic mass is 16.5. The lowest BCUT2D eigenvalue weighted by Crippen LogP contribution is -2.45. The number of aryl methyl sites for hydroxylation is 1. The summed E-state index contributed by atoms with van der Waals surface area (Å²) in [6.07, 6.45) is 2.28. The maximum absolute atomic E-state index is 12.3. The van der Waals surface area contributed by atoms with Gasteiger partial charge in [0.25, 0.3) is 5.91 Å². The van der Waals surface area contributed by atoms with Crippen LogP contribution in [0.5, 0.6) is 0 Å². The summed E-state index contributed by atoms with van der Waals surface area (Å²) in [5.41, 5.74) is 3.99. The second-order valence-electron chi connectivity index (χ2n) is 6.60. The van der Waals surface area contributed by atoms with E-state index in [0.29, 0.717) is 12.0 Å². The third kappa shape index (κ3) is 3.82. The van der Waals surface area contributed by atoms with Crippen molar-refractivity contribution in [2.75, 3.05) is 0 Å². The number of hydrogen-bond donors (Lipinski definition) is 3. The van der Waals surface area contributed by atoms with Crippen LogP contribution >= 0.6 is 0 Å². The number of benzene rings is 1. The zero-order valence-corrected chi connectivity index (χ0v) is 12.7. The fourth-order valence-electron chi connectivity index (χ4n) is 2.66. The van der Waals surface area contributed by atoms with Crippen molar-refractivity contribution in [2.45, 2.75) is 45.6 Å². The molecule has 0 heterocycles. The van der Waals surface area contributed by atoms with E-state index in [1.165, 1.54) is 5.56 Å². The topological polar surface area (TPSA) is 78.4 Å². The van der Waals surface area contributed by atoms with Crippen LogP contribution in [0.25, 0.3) is 0 Å². The van der Waals surface area contributed by atoms with E-state index < -0.39 is 5.91 Å². The third-order valence-electron chi connectivity index (χ3n) is 3.67. The van der Waals surface area contributed by atoms with Gasteiger partial charge in [-0.05, 0) is 63.3 Å². The van der Waals surface area contributed by atoms with Crippen LogP contribution in [-0.4, -0.2) is 22.6 Å². The van der Waals surface area contributed by atoms with Crippen molar-refractivity contribution in [1.82, 2.24) is 10.8 Å². The number of fused-ring (bicyclic) bond motifs is 1. The fourth-order valence-corrected chi connectivity index (χ4v) is 2.66. The van der Waals surface area contributed by atoms with Crippen molar-refractivity contribution >= 4 is 11.8 Å². The van der Waals surface area contributed by atoms with Gasteiger partial charge in [-0.2, -0.15) is 0 Å². The summed E-state index contributed by atoms with van der Waals surface area (Å²) in [5.74, 6) is -0.534. The van der Waals surface area contributed by atoms with Crippen molar-refractivity contribution < 1.29 is 14.8 Å². The summed E-state index contributed by atoms with van der Waals surface area (Å²) in [5, 5.41) is 11.7. The Balaban J connectivity index is 2.15. The lowest BCUT2D eigenvalue weighted by molar-refractivity contribution is -0.126. The van der Waals surface area contributed by atoms with E-state index in [2.05, 4.69) is 5.32 Å². The molecule has 1 aromatic carbocycles. The number of hydroxylamine groups is 1. The number of hydrogen-bond acceptors (Lipinski definition) is 3. The molecule has 0 radical (unpaired) electrons. The number of carbonyl (C=O) groups is 2. The van der Waals surface area contributed by atoms with Crippen LogP contribution in [0.1, 0.15) is 48.7 Å². The summed E-state index contributed by atoms with van der Waals surface area (Å²) in [7, 11) is 0. The molecule has 3 N–H and O–H groups in total. The Morgan fingerprint density at radius 3 is 2.57 bits per heavy atom. The first-order chi connectivity index (χ1) is 9.80. The van der Waals surface area contributed by atoms with Crippen molar-refractivity contribution in [3.05, 3.63) is 34.9 Å². The van der Waals surface area contributed by atoms with Crippen LogP contribution in [0.3, 0.4) is 0 Å². The third-order valence-corrected chi connectivity index (χ3v) is 3.67. The van der Waals surface area contributed by atoms with Crippen molar-refractivity contribution in [1.29, 1.82) is 0 Å². The minimum Gasteiger partial charge on any atom is -0.351 e. The first kappa shape index (κ1) is 15.5. The molecule has 5 nitrogen and oxygen atoms in total. The Labute approximate surface area is 124 Å². The van der Waals surface area contributed by atoms with Gasteiger partial charge in [-0.1, -0.05) is 6.07 Å². The average molecular weight is 290 g/mol. The van der Waals surface area contributed by atoms with E-state index in [4.69, 9.17) is 5.21 Å². The molecule has 1 aliphatic carbocycles. The van der Waals surface area contributed by atoms with Crippen LogP contribution in [0.2, 0.25) is 0 Å². The fraction of sp³-hybridized carbons (Fsp3) is 0.500. The van der Waals surface area contributed by atoms with Gasteiger partial charge in [-0.25, -0.2) is 5.48 Å². The number of rotatable bonds is 2. The zero-order chi connectivity index (χ0) is 15.6. The van der Waals surface area contributed by atoms with Gasteiger partial charge in [0.15, 0.2) is 0 Å². The Bertz CT molecular complexity index is 561. The number of carbonyl (C=O) groups excluding carboxylic acids is 2. The van der Waals surface area contributed by atoms with Gasteiger partial charge >= 0.3 is 0 Å². The Morgan fingerprint density at radius 1 is 1.24 bits per heavy atom. The van der Waals surface area contributed by atoms with Gasteiger partial charge in [-0.15, -0.1) is 0 Å². The molecule has 1 unspecified atom stereocenters. The van der Waals surface area contributed by atoms with Crippen molar-refractivity contribution in [2.24, 2.45) is 5.92 Å². The van der Waals surface area contributed by atoms with Crippen LogP contribution in [-0.2, 0) is 17.6 Å². The molecule has 0 saturated carbocycles. The molecule has 0 fully saturated rings. The number of nitrogens with one attached hydrogen (secondary N) is 2. The van der Waals surface area contributed by atoms with Crippen LogP contribution in [0, 0.1) is 5.92 Å².